The van der Waals surface area contributed by atoms with Gasteiger partial charge < -0.3 is 9.64 Å². The normalized spacial score (nSPS) is 17.4. The molecule has 4 aromatic heterocycles. The van der Waals surface area contributed by atoms with Crippen LogP contribution in [0, 0.1) is 6.92 Å². The molecule has 0 bridgehead atoms. The number of hydrogen-bond acceptors (Lipinski definition) is 7. The number of hydrogen-bond donors (Lipinski definition) is 0. The fourth-order valence-corrected chi connectivity index (χ4v) is 8.02. The summed E-state index contributed by atoms with van der Waals surface area (Å²) in [5, 5.41) is 5.51. The van der Waals surface area contributed by atoms with E-state index in [1.807, 2.05) is 24.5 Å². The van der Waals surface area contributed by atoms with E-state index < -0.39 is 10.0 Å². The van der Waals surface area contributed by atoms with Crippen LogP contribution in [0.2, 0.25) is 0 Å². The van der Waals surface area contributed by atoms with Gasteiger partial charge in [-0.3, -0.25) is 9.67 Å². The Labute approximate surface area is 258 Å². The second-order valence-electron chi connectivity index (χ2n) is 11.9. The first-order chi connectivity index (χ1) is 21.4. The lowest BCUT2D eigenvalue weighted by molar-refractivity contribution is 0.0844. The molecule has 1 aromatic carbocycles. The minimum absolute atomic E-state index is 0.219. The van der Waals surface area contributed by atoms with Crippen molar-refractivity contribution in [1.82, 2.24) is 28.6 Å². The highest BCUT2D eigenvalue weighted by Gasteiger charge is 2.26. The largest absolute Gasteiger partial charge is 0.381 e. The van der Waals surface area contributed by atoms with Crippen LogP contribution in [0.15, 0.2) is 78.3 Å². The molecule has 0 spiro atoms. The number of piperidine rings is 1. The predicted octanol–water partition coefficient (Wildman–Crippen LogP) is 6.06. The zero-order valence-corrected chi connectivity index (χ0v) is 26.1. The SMILES string of the molecule is CCN1CCC(n2cc(-c3cn(S(=O)(=O)c4ccccc4)c4ncc(-c5cnc(C6CCOCC6)c(C)c5)cc34)cn2)CC1. The Kier molecular flexibility index (Phi) is 7.82. The van der Waals surface area contributed by atoms with Gasteiger partial charge in [0.15, 0.2) is 5.65 Å². The van der Waals surface area contributed by atoms with E-state index in [4.69, 9.17) is 19.8 Å². The molecular formula is C34H38N6O3S. The molecule has 2 saturated heterocycles. The number of pyridine rings is 2. The Morgan fingerprint density at radius 3 is 2.34 bits per heavy atom. The van der Waals surface area contributed by atoms with E-state index in [9.17, 15) is 8.42 Å². The summed E-state index contributed by atoms with van der Waals surface area (Å²) in [6.45, 7) is 9.03. The van der Waals surface area contributed by atoms with Gasteiger partial charge in [-0.1, -0.05) is 25.1 Å². The molecule has 0 radical (unpaired) electrons. The molecule has 0 atom stereocenters. The number of nitrogens with zero attached hydrogens (tertiary/aromatic N) is 6. The van der Waals surface area contributed by atoms with Crippen molar-refractivity contribution in [3.05, 3.63) is 84.7 Å². The van der Waals surface area contributed by atoms with E-state index in [-0.39, 0.29) is 4.90 Å². The van der Waals surface area contributed by atoms with Crippen molar-refractivity contribution in [1.29, 1.82) is 0 Å². The molecule has 2 aliphatic rings. The van der Waals surface area contributed by atoms with Crippen LogP contribution >= 0.6 is 0 Å². The molecule has 44 heavy (non-hydrogen) atoms. The van der Waals surface area contributed by atoms with E-state index in [0.29, 0.717) is 17.6 Å². The molecule has 0 amide bonds. The van der Waals surface area contributed by atoms with Gasteiger partial charge in [-0.05, 0) is 69.0 Å². The van der Waals surface area contributed by atoms with E-state index in [0.717, 1.165) is 97.4 Å². The van der Waals surface area contributed by atoms with Crippen LogP contribution < -0.4 is 0 Å². The van der Waals surface area contributed by atoms with Crippen molar-refractivity contribution in [3.63, 3.8) is 0 Å². The molecular weight excluding hydrogens is 572 g/mol. The third-order valence-electron chi connectivity index (χ3n) is 9.26. The maximum Gasteiger partial charge on any atom is 0.269 e. The maximum absolute atomic E-state index is 13.9. The van der Waals surface area contributed by atoms with Gasteiger partial charge in [0.05, 0.1) is 17.1 Å². The van der Waals surface area contributed by atoms with E-state index in [1.54, 1.807) is 36.7 Å². The van der Waals surface area contributed by atoms with Crippen LogP contribution in [0.4, 0.5) is 0 Å². The number of aromatic nitrogens is 5. The summed E-state index contributed by atoms with van der Waals surface area (Å²) in [5.41, 5.74) is 6.17. The molecule has 6 heterocycles. The zero-order chi connectivity index (χ0) is 30.3. The van der Waals surface area contributed by atoms with Gasteiger partial charge in [-0.25, -0.2) is 17.4 Å². The van der Waals surface area contributed by atoms with Crippen molar-refractivity contribution in [2.24, 2.45) is 0 Å². The van der Waals surface area contributed by atoms with Crippen LogP contribution in [0.3, 0.4) is 0 Å². The molecule has 228 valence electrons. The van der Waals surface area contributed by atoms with Gasteiger partial charge >= 0.3 is 0 Å². The van der Waals surface area contributed by atoms with Crippen molar-refractivity contribution >= 4 is 21.1 Å². The highest BCUT2D eigenvalue weighted by molar-refractivity contribution is 7.90. The zero-order valence-electron chi connectivity index (χ0n) is 25.3. The van der Waals surface area contributed by atoms with Crippen LogP contribution in [-0.4, -0.2) is 69.9 Å². The Morgan fingerprint density at radius 1 is 0.886 bits per heavy atom. The summed E-state index contributed by atoms with van der Waals surface area (Å²) >= 11 is 0. The van der Waals surface area contributed by atoms with Crippen molar-refractivity contribution in [2.45, 2.75) is 56.4 Å². The number of aryl methyl sites for hydroxylation is 1. The molecule has 2 fully saturated rings. The molecule has 10 heteroatoms. The lowest BCUT2D eigenvalue weighted by atomic mass is 9.92. The van der Waals surface area contributed by atoms with Crippen LogP contribution in [0.25, 0.3) is 33.3 Å². The Morgan fingerprint density at radius 2 is 1.61 bits per heavy atom. The van der Waals surface area contributed by atoms with Crippen LogP contribution in [-0.2, 0) is 14.8 Å². The van der Waals surface area contributed by atoms with E-state index in [1.165, 1.54) is 3.97 Å². The van der Waals surface area contributed by atoms with E-state index in [2.05, 4.69) is 35.7 Å². The summed E-state index contributed by atoms with van der Waals surface area (Å²) < 4.78 is 36.7. The van der Waals surface area contributed by atoms with Gasteiger partial charge in [0.1, 0.15) is 0 Å². The van der Waals surface area contributed by atoms with Gasteiger partial charge in [0.25, 0.3) is 10.0 Å². The fraction of sp³-hybridized carbons (Fsp3) is 0.382. The standard InChI is InChI=1S/C34H38N6O3S/c1-3-38-13-9-29(10-14-38)39-22-28(21-37-39)32-23-40(44(41,42)30-7-5-4-6-8-30)34-31(32)18-27(20-36-34)26-17-24(2)33(35-19-26)25-11-15-43-16-12-25/h4-8,17-23,25,29H,3,9-16H2,1-2H3. The number of fused-ring (bicyclic) bond motifs is 1. The number of rotatable bonds is 7. The maximum atomic E-state index is 13.9. The van der Waals surface area contributed by atoms with Crippen molar-refractivity contribution < 1.29 is 13.2 Å². The molecule has 5 aromatic rings. The first-order valence-electron chi connectivity index (χ1n) is 15.6. The molecule has 9 nitrogen and oxygen atoms in total. The first kappa shape index (κ1) is 28.9. The highest BCUT2D eigenvalue weighted by atomic mass is 32.2. The molecule has 2 aliphatic heterocycles. The Hall–Kier alpha value is -3.86. The molecule has 0 unspecified atom stereocenters. The van der Waals surface area contributed by atoms with E-state index >= 15 is 0 Å². The molecule has 7 rings (SSSR count). The molecule has 0 aliphatic carbocycles. The summed E-state index contributed by atoms with van der Waals surface area (Å²) in [4.78, 5) is 12.3. The monoisotopic (exact) mass is 610 g/mol. The van der Waals surface area contributed by atoms with Crippen molar-refractivity contribution in [2.75, 3.05) is 32.8 Å². The van der Waals surface area contributed by atoms with Crippen molar-refractivity contribution in [3.8, 4) is 22.3 Å². The quantitative estimate of drug-likeness (QED) is 0.221. The molecule has 0 saturated carbocycles. The van der Waals surface area contributed by atoms with Crippen LogP contribution in [0.1, 0.15) is 55.8 Å². The third-order valence-corrected chi connectivity index (χ3v) is 10.9. The highest BCUT2D eigenvalue weighted by Crippen LogP contribution is 2.36. The Bertz CT molecular complexity index is 1880. The van der Waals surface area contributed by atoms with Gasteiger partial charge in [-0.15, -0.1) is 0 Å². The second-order valence-corrected chi connectivity index (χ2v) is 13.8. The number of benzene rings is 1. The van der Waals surface area contributed by atoms with Gasteiger partial charge in [-0.2, -0.15) is 5.10 Å². The number of likely N-dealkylation sites (tertiary alicyclic amines) is 1. The van der Waals surface area contributed by atoms with Gasteiger partial charge in [0, 0.05) is 90.3 Å². The average molecular weight is 611 g/mol. The van der Waals surface area contributed by atoms with Gasteiger partial charge in [0.2, 0.25) is 0 Å². The second kappa shape index (κ2) is 11.9. The summed E-state index contributed by atoms with van der Waals surface area (Å²) in [5.74, 6) is 0.410. The lowest BCUT2D eigenvalue weighted by Crippen LogP contribution is -2.34. The first-order valence-corrected chi connectivity index (χ1v) is 17.0. The summed E-state index contributed by atoms with van der Waals surface area (Å²) in [7, 11) is -3.88. The predicted molar refractivity (Wildman–Crippen MR) is 171 cm³/mol. The number of ether oxygens (including phenoxy) is 1. The smallest absolute Gasteiger partial charge is 0.269 e. The third kappa shape index (κ3) is 5.35. The summed E-state index contributed by atoms with van der Waals surface area (Å²) in [6, 6.07) is 13.0. The molecule has 0 N–H and O–H groups in total. The summed E-state index contributed by atoms with van der Waals surface area (Å²) in [6.07, 6.45) is 13.3. The minimum Gasteiger partial charge on any atom is -0.381 e. The average Bonchev–Trinajstić information content (AvgIpc) is 3.71. The fourth-order valence-electron chi connectivity index (χ4n) is 6.68. The van der Waals surface area contributed by atoms with Crippen LogP contribution in [0.5, 0.6) is 0 Å². The Balaban J connectivity index is 1.31. The topological polar surface area (TPSA) is 95.1 Å². The minimum atomic E-state index is -3.88. The lowest BCUT2D eigenvalue weighted by Gasteiger charge is -2.31.